The summed E-state index contributed by atoms with van der Waals surface area (Å²) in [4.78, 5) is 25.0. The first-order valence-electron chi connectivity index (χ1n) is 4.86. The minimum atomic E-state index is -0.0481. The number of carbonyl (C=O) groups excluding carboxylic acids is 2. The highest BCUT2D eigenvalue weighted by molar-refractivity contribution is 6.06. The van der Waals surface area contributed by atoms with E-state index >= 15 is 0 Å². The van der Waals surface area contributed by atoms with Crippen molar-refractivity contribution in [3.63, 3.8) is 0 Å². The predicted octanol–water partition coefficient (Wildman–Crippen LogP) is -0.647. The van der Waals surface area contributed by atoms with Gasteiger partial charge < -0.3 is 5.32 Å². The Bertz CT molecular complexity index is 263. The summed E-state index contributed by atoms with van der Waals surface area (Å²) >= 11 is 0. The fraction of sp³-hybridized carbons (Fsp3) is 0.778. The van der Waals surface area contributed by atoms with E-state index in [9.17, 15) is 9.59 Å². The molecule has 2 amide bonds. The lowest BCUT2D eigenvalue weighted by atomic mass is 10.00. The molecule has 0 aromatic rings. The molecule has 4 heteroatoms. The largest absolute Gasteiger partial charge is 0.315 e. The first-order valence-corrected chi connectivity index (χ1v) is 4.86. The Labute approximate surface area is 76.3 Å². The van der Waals surface area contributed by atoms with Crippen molar-refractivity contribution in [3.8, 4) is 0 Å². The lowest BCUT2D eigenvalue weighted by Crippen LogP contribution is -2.36. The van der Waals surface area contributed by atoms with E-state index in [1.165, 1.54) is 4.90 Å². The van der Waals surface area contributed by atoms with Gasteiger partial charge in [0.05, 0.1) is 11.8 Å². The maximum atomic E-state index is 11.7. The average Bonchev–Trinajstić information content (AvgIpc) is 2.77. The van der Waals surface area contributed by atoms with Gasteiger partial charge in [-0.1, -0.05) is 0 Å². The van der Waals surface area contributed by atoms with Crippen LogP contribution in [-0.4, -0.2) is 35.8 Å². The lowest BCUT2D eigenvalue weighted by Gasteiger charge is -2.14. The van der Waals surface area contributed by atoms with E-state index in [0.29, 0.717) is 13.1 Å². The summed E-state index contributed by atoms with van der Waals surface area (Å²) in [5, 5.41) is 3.10. The van der Waals surface area contributed by atoms with Gasteiger partial charge in [0.2, 0.25) is 11.8 Å². The molecule has 2 atom stereocenters. The maximum Gasteiger partial charge on any atom is 0.234 e. The van der Waals surface area contributed by atoms with Gasteiger partial charge in [-0.15, -0.1) is 0 Å². The molecule has 0 aromatic heterocycles. The summed E-state index contributed by atoms with van der Waals surface area (Å²) in [5.41, 5.74) is 0. The molecule has 3 rings (SSSR count). The first kappa shape index (κ1) is 7.50. The van der Waals surface area contributed by atoms with Crippen LogP contribution in [0.2, 0.25) is 0 Å². The smallest absolute Gasteiger partial charge is 0.234 e. The number of hydrogen-bond acceptors (Lipinski definition) is 3. The molecule has 4 nitrogen and oxygen atoms in total. The van der Waals surface area contributed by atoms with Crippen LogP contribution in [0.25, 0.3) is 0 Å². The van der Waals surface area contributed by atoms with Crippen LogP contribution >= 0.6 is 0 Å². The minimum absolute atomic E-state index is 0.0481. The molecule has 70 valence electrons. The number of nitrogens with zero attached hydrogens (tertiary/aromatic N) is 1. The number of carbonyl (C=O) groups is 2. The van der Waals surface area contributed by atoms with Gasteiger partial charge in [0.1, 0.15) is 0 Å². The van der Waals surface area contributed by atoms with E-state index in [4.69, 9.17) is 0 Å². The van der Waals surface area contributed by atoms with Crippen molar-refractivity contribution in [1.82, 2.24) is 10.2 Å². The molecule has 0 spiro atoms. The molecule has 2 aliphatic heterocycles. The molecular weight excluding hydrogens is 168 g/mol. The summed E-state index contributed by atoms with van der Waals surface area (Å²) in [6.07, 6.45) is 2.04. The second-order valence-corrected chi connectivity index (χ2v) is 4.15. The highest BCUT2D eigenvalue weighted by Crippen LogP contribution is 2.37. The summed E-state index contributed by atoms with van der Waals surface area (Å²) in [5.74, 6) is 0.0474. The van der Waals surface area contributed by atoms with Crippen molar-refractivity contribution in [2.24, 2.45) is 11.8 Å². The molecule has 13 heavy (non-hydrogen) atoms. The number of likely N-dealkylation sites (tertiary alicyclic amines) is 1. The Morgan fingerprint density at radius 2 is 1.62 bits per heavy atom. The standard InChI is InChI=1S/C9H12N2O2/c12-8-6-3-10-4-7(6)9(13)11(8)5-1-2-5/h5-7,10H,1-4H2. The molecule has 3 aliphatic rings. The Kier molecular flexibility index (Phi) is 1.34. The second kappa shape index (κ2) is 2.32. The third-order valence-corrected chi connectivity index (χ3v) is 3.24. The van der Waals surface area contributed by atoms with Crippen molar-refractivity contribution in [2.45, 2.75) is 18.9 Å². The van der Waals surface area contributed by atoms with Crippen LogP contribution in [0, 0.1) is 11.8 Å². The van der Waals surface area contributed by atoms with E-state index in [2.05, 4.69) is 5.32 Å². The molecule has 0 radical (unpaired) electrons. The molecule has 1 saturated carbocycles. The monoisotopic (exact) mass is 180 g/mol. The maximum absolute atomic E-state index is 11.7. The highest BCUT2D eigenvalue weighted by atomic mass is 16.2. The number of imide groups is 1. The van der Waals surface area contributed by atoms with Crippen LogP contribution in [0.1, 0.15) is 12.8 Å². The number of hydrogen-bond donors (Lipinski definition) is 1. The molecule has 0 bridgehead atoms. The molecule has 2 saturated heterocycles. The van der Waals surface area contributed by atoms with Gasteiger partial charge in [-0.05, 0) is 12.8 Å². The van der Waals surface area contributed by atoms with Crippen molar-refractivity contribution in [3.05, 3.63) is 0 Å². The van der Waals surface area contributed by atoms with Crippen LogP contribution in [0.3, 0.4) is 0 Å². The SMILES string of the molecule is O=C1C2CNCC2C(=O)N1C1CC1. The van der Waals surface area contributed by atoms with Gasteiger partial charge in [0.15, 0.2) is 0 Å². The number of fused-ring (bicyclic) bond motifs is 1. The van der Waals surface area contributed by atoms with Gasteiger partial charge in [-0.25, -0.2) is 0 Å². The van der Waals surface area contributed by atoms with Gasteiger partial charge in [0, 0.05) is 19.1 Å². The summed E-state index contributed by atoms with van der Waals surface area (Å²) < 4.78 is 0. The normalized spacial score (nSPS) is 38.6. The Balaban J connectivity index is 1.91. The quantitative estimate of drug-likeness (QED) is 0.546. The zero-order valence-corrected chi connectivity index (χ0v) is 7.32. The number of amides is 2. The van der Waals surface area contributed by atoms with Gasteiger partial charge in [0.25, 0.3) is 0 Å². The first-order chi connectivity index (χ1) is 6.29. The topological polar surface area (TPSA) is 49.4 Å². The molecule has 1 N–H and O–H groups in total. The molecule has 2 unspecified atom stereocenters. The third kappa shape index (κ3) is 0.892. The van der Waals surface area contributed by atoms with Crippen LogP contribution in [-0.2, 0) is 9.59 Å². The summed E-state index contributed by atoms with van der Waals surface area (Å²) in [6.45, 7) is 1.39. The Morgan fingerprint density at radius 1 is 1.08 bits per heavy atom. The van der Waals surface area contributed by atoms with Crippen LogP contribution in [0.15, 0.2) is 0 Å². The highest BCUT2D eigenvalue weighted by Gasteiger charge is 2.53. The van der Waals surface area contributed by atoms with Crippen molar-refractivity contribution in [1.29, 1.82) is 0 Å². The molecular formula is C9H12N2O2. The zero-order chi connectivity index (χ0) is 9.00. The molecule has 2 heterocycles. The molecule has 3 fully saturated rings. The average molecular weight is 180 g/mol. The van der Waals surface area contributed by atoms with Crippen molar-refractivity contribution in [2.75, 3.05) is 13.1 Å². The van der Waals surface area contributed by atoms with E-state index in [1.807, 2.05) is 0 Å². The third-order valence-electron chi connectivity index (χ3n) is 3.24. The van der Waals surface area contributed by atoms with E-state index < -0.39 is 0 Å². The minimum Gasteiger partial charge on any atom is -0.315 e. The Hall–Kier alpha value is -0.900. The molecule has 0 aromatic carbocycles. The van der Waals surface area contributed by atoms with E-state index in [1.54, 1.807) is 0 Å². The fourth-order valence-corrected chi connectivity index (χ4v) is 2.36. The van der Waals surface area contributed by atoms with Crippen LogP contribution < -0.4 is 5.32 Å². The number of rotatable bonds is 1. The molecule has 1 aliphatic carbocycles. The van der Waals surface area contributed by atoms with E-state index in [-0.39, 0.29) is 29.7 Å². The lowest BCUT2D eigenvalue weighted by molar-refractivity contribution is -0.140. The summed E-state index contributed by atoms with van der Waals surface area (Å²) in [6, 6.07) is 0.255. The van der Waals surface area contributed by atoms with Crippen molar-refractivity contribution >= 4 is 11.8 Å². The van der Waals surface area contributed by atoms with Crippen LogP contribution in [0.4, 0.5) is 0 Å². The van der Waals surface area contributed by atoms with Crippen molar-refractivity contribution < 1.29 is 9.59 Å². The fourth-order valence-electron chi connectivity index (χ4n) is 2.36. The predicted molar refractivity (Wildman–Crippen MR) is 44.7 cm³/mol. The van der Waals surface area contributed by atoms with Gasteiger partial charge >= 0.3 is 0 Å². The van der Waals surface area contributed by atoms with Gasteiger partial charge in [-0.3, -0.25) is 14.5 Å². The van der Waals surface area contributed by atoms with E-state index in [0.717, 1.165) is 12.8 Å². The summed E-state index contributed by atoms with van der Waals surface area (Å²) in [7, 11) is 0. The Morgan fingerprint density at radius 3 is 2.08 bits per heavy atom. The number of nitrogens with one attached hydrogen (secondary N) is 1. The van der Waals surface area contributed by atoms with Crippen LogP contribution in [0.5, 0.6) is 0 Å². The van der Waals surface area contributed by atoms with Gasteiger partial charge in [-0.2, -0.15) is 0 Å². The second-order valence-electron chi connectivity index (χ2n) is 4.15. The zero-order valence-electron chi connectivity index (χ0n) is 7.32.